The molecule has 4 nitrogen and oxygen atoms in total. The van der Waals surface area contributed by atoms with Crippen LogP contribution in [0.5, 0.6) is 0 Å². The Morgan fingerprint density at radius 1 is 1.33 bits per heavy atom. The number of aryl methyl sites for hydroxylation is 1. The molecule has 18 heavy (non-hydrogen) atoms. The van der Waals surface area contributed by atoms with Crippen LogP contribution in [0, 0.1) is 6.92 Å². The van der Waals surface area contributed by atoms with E-state index < -0.39 is 0 Å². The van der Waals surface area contributed by atoms with Crippen LogP contribution < -0.4 is 5.32 Å². The van der Waals surface area contributed by atoms with Crippen molar-refractivity contribution in [1.82, 2.24) is 20.1 Å². The number of piperazine rings is 1. The molecule has 1 fully saturated rings. The maximum atomic E-state index is 4.31. The fraction of sp³-hybridized carbons (Fsp3) is 0.643. The van der Waals surface area contributed by atoms with E-state index in [1.54, 1.807) is 0 Å². The third-order valence-electron chi connectivity index (χ3n) is 3.66. The number of nitrogens with one attached hydrogen (secondary N) is 1. The Morgan fingerprint density at radius 3 is 2.89 bits per heavy atom. The lowest BCUT2D eigenvalue weighted by atomic mass is 10.2. The molecule has 1 aliphatic heterocycles. The smallest absolute Gasteiger partial charge is 0.0372 e. The highest BCUT2D eigenvalue weighted by Gasteiger charge is 2.21. The van der Waals surface area contributed by atoms with Gasteiger partial charge in [-0.15, -0.1) is 0 Å². The van der Waals surface area contributed by atoms with Crippen molar-refractivity contribution in [3.05, 3.63) is 29.6 Å². The van der Waals surface area contributed by atoms with E-state index in [1.165, 1.54) is 12.1 Å². The molecule has 1 aliphatic rings. The lowest BCUT2D eigenvalue weighted by Gasteiger charge is -2.37. The lowest BCUT2D eigenvalue weighted by molar-refractivity contribution is 0.113. The number of pyridine rings is 1. The van der Waals surface area contributed by atoms with Crippen LogP contribution in [-0.4, -0.2) is 61.1 Å². The summed E-state index contributed by atoms with van der Waals surface area (Å²) in [6, 6.07) is 4.82. The first-order valence-electron chi connectivity index (χ1n) is 6.66. The fourth-order valence-electron chi connectivity index (χ4n) is 2.31. The molecule has 4 heteroatoms. The minimum absolute atomic E-state index is 0.613. The molecule has 0 bridgehead atoms. The van der Waals surface area contributed by atoms with Gasteiger partial charge >= 0.3 is 0 Å². The van der Waals surface area contributed by atoms with Crippen LogP contribution in [0.1, 0.15) is 11.3 Å². The monoisotopic (exact) mass is 248 g/mol. The van der Waals surface area contributed by atoms with Crippen molar-refractivity contribution < 1.29 is 0 Å². The van der Waals surface area contributed by atoms with Gasteiger partial charge in [0.25, 0.3) is 0 Å². The highest BCUT2D eigenvalue weighted by atomic mass is 15.3. The summed E-state index contributed by atoms with van der Waals surface area (Å²) >= 11 is 0. The number of aromatic nitrogens is 1. The van der Waals surface area contributed by atoms with Crippen LogP contribution in [0.15, 0.2) is 18.3 Å². The summed E-state index contributed by atoms with van der Waals surface area (Å²) in [5.74, 6) is 0. The number of rotatable bonds is 4. The van der Waals surface area contributed by atoms with Gasteiger partial charge in [0.05, 0.1) is 0 Å². The van der Waals surface area contributed by atoms with Gasteiger partial charge in [0, 0.05) is 50.7 Å². The van der Waals surface area contributed by atoms with Crippen LogP contribution in [-0.2, 0) is 6.54 Å². The summed E-state index contributed by atoms with van der Waals surface area (Å²) in [6.45, 7) is 7.44. The first-order chi connectivity index (χ1) is 8.65. The summed E-state index contributed by atoms with van der Waals surface area (Å²) < 4.78 is 0. The van der Waals surface area contributed by atoms with Crippen molar-refractivity contribution in [2.24, 2.45) is 0 Å². The van der Waals surface area contributed by atoms with Gasteiger partial charge in [-0.05, 0) is 32.6 Å². The molecule has 0 amide bonds. The van der Waals surface area contributed by atoms with E-state index >= 15 is 0 Å². The van der Waals surface area contributed by atoms with Gasteiger partial charge in [-0.3, -0.25) is 9.88 Å². The van der Waals surface area contributed by atoms with E-state index in [9.17, 15) is 0 Å². The van der Waals surface area contributed by atoms with Crippen molar-refractivity contribution in [2.75, 3.05) is 40.3 Å². The minimum Gasteiger partial charge on any atom is -0.311 e. The second kappa shape index (κ2) is 6.27. The minimum atomic E-state index is 0.613. The standard InChI is InChI=1S/C14H24N4/c1-12-4-5-13(9-16-12)8-15-10-14-11-17(2)6-7-18(14)3/h4-5,9,14-15H,6-8,10-11H2,1-3H3. The molecule has 1 N–H and O–H groups in total. The van der Waals surface area contributed by atoms with Gasteiger partial charge in [0.1, 0.15) is 0 Å². The van der Waals surface area contributed by atoms with E-state index in [0.29, 0.717) is 6.04 Å². The van der Waals surface area contributed by atoms with Gasteiger partial charge < -0.3 is 10.2 Å². The molecule has 0 radical (unpaired) electrons. The van der Waals surface area contributed by atoms with Crippen molar-refractivity contribution in [1.29, 1.82) is 0 Å². The Hall–Kier alpha value is -0.970. The highest BCUT2D eigenvalue weighted by Crippen LogP contribution is 2.05. The third kappa shape index (κ3) is 3.77. The third-order valence-corrected chi connectivity index (χ3v) is 3.66. The van der Waals surface area contributed by atoms with E-state index in [4.69, 9.17) is 0 Å². The Morgan fingerprint density at radius 2 is 2.17 bits per heavy atom. The Balaban J connectivity index is 1.76. The fourth-order valence-corrected chi connectivity index (χ4v) is 2.31. The van der Waals surface area contributed by atoms with Crippen LogP contribution in [0.25, 0.3) is 0 Å². The highest BCUT2D eigenvalue weighted by molar-refractivity contribution is 5.12. The lowest BCUT2D eigenvalue weighted by Crippen LogP contribution is -2.53. The van der Waals surface area contributed by atoms with Gasteiger partial charge in [-0.25, -0.2) is 0 Å². The Bertz CT molecular complexity index is 363. The molecule has 1 aromatic rings. The van der Waals surface area contributed by atoms with Crippen LogP contribution in [0.4, 0.5) is 0 Å². The average Bonchev–Trinajstić information content (AvgIpc) is 2.36. The topological polar surface area (TPSA) is 31.4 Å². The van der Waals surface area contributed by atoms with E-state index in [2.05, 4.69) is 46.3 Å². The average molecular weight is 248 g/mol. The maximum Gasteiger partial charge on any atom is 0.0372 e. The zero-order valence-electron chi connectivity index (χ0n) is 11.7. The van der Waals surface area contributed by atoms with Gasteiger partial charge in [0.2, 0.25) is 0 Å². The zero-order valence-corrected chi connectivity index (χ0v) is 11.7. The summed E-state index contributed by atoms with van der Waals surface area (Å²) in [4.78, 5) is 9.16. The second-order valence-electron chi connectivity index (χ2n) is 5.34. The largest absolute Gasteiger partial charge is 0.311 e. The molecule has 0 spiro atoms. The quantitative estimate of drug-likeness (QED) is 0.851. The van der Waals surface area contributed by atoms with Crippen molar-refractivity contribution in [2.45, 2.75) is 19.5 Å². The van der Waals surface area contributed by atoms with Crippen molar-refractivity contribution in [3.63, 3.8) is 0 Å². The maximum absolute atomic E-state index is 4.31. The number of hydrogen-bond acceptors (Lipinski definition) is 4. The van der Waals surface area contributed by atoms with E-state index in [-0.39, 0.29) is 0 Å². The van der Waals surface area contributed by atoms with Gasteiger partial charge in [0.15, 0.2) is 0 Å². The summed E-state index contributed by atoms with van der Waals surface area (Å²) in [7, 11) is 4.41. The van der Waals surface area contributed by atoms with E-state index in [1.807, 2.05) is 13.1 Å². The molecule has 2 rings (SSSR count). The normalized spacial score (nSPS) is 22.3. The van der Waals surface area contributed by atoms with Crippen LogP contribution >= 0.6 is 0 Å². The number of likely N-dealkylation sites (N-methyl/N-ethyl adjacent to an activating group) is 2. The van der Waals surface area contributed by atoms with Gasteiger partial charge in [-0.1, -0.05) is 6.07 Å². The number of hydrogen-bond donors (Lipinski definition) is 1. The molecule has 0 saturated carbocycles. The van der Waals surface area contributed by atoms with Crippen LogP contribution in [0.3, 0.4) is 0 Å². The van der Waals surface area contributed by atoms with E-state index in [0.717, 1.165) is 31.9 Å². The summed E-state index contributed by atoms with van der Waals surface area (Å²) in [6.07, 6.45) is 1.96. The molecule has 0 aliphatic carbocycles. The molecule has 1 atom stereocenters. The van der Waals surface area contributed by atoms with Gasteiger partial charge in [-0.2, -0.15) is 0 Å². The molecular weight excluding hydrogens is 224 g/mol. The zero-order chi connectivity index (χ0) is 13.0. The predicted molar refractivity (Wildman–Crippen MR) is 74.6 cm³/mol. The summed E-state index contributed by atoms with van der Waals surface area (Å²) in [5.41, 5.74) is 2.33. The first-order valence-corrected chi connectivity index (χ1v) is 6.66. The molecule has 2 heterocycles. The molecule has 1 aromatic heterocycles. The van der Waals surface area contributed by atoms with Crippen molar-refractivity contribution in [3.8, 4) is 0 Å². The molecular formula is C14H24N4. The van der Waals surface area contributed by atoms with Crippen LogP contribution in [0.2, 0.25) is 0 Å². The predicted octanol–water partition coefficient (Wildman–Crippen LogP) is 0.725. The van der Waals surface area contributed by atoms with Crippen molar-refractivity contribution >= 4 is 0 Å². The Kier molecular flexibility index (Phi) is 4.69. The molecule has 1 unspecified atom stereocenters. The number of nitrogens with zero attached hydrogens (tertiary/aromatic N) is 3. The summed E-state index contributed by atoms with van der Waals surface area (Å²) in [5, 5.41) is 3.53. The SMILES string of the molecule is Cc1ccc(CNCC2CN(C)CCN2C)cn1. The second-order valence-corrected chi connectivity index (χ2v) is 5.34. The molecule has 0 aromatic carbocycles. The molecule has 100 valence electrons. The first kappa shape index (κ1) is 13.5. The molecule has 1 saturated heterocycles. The Labute approximate surface area is 110 Å².